The van der Waals surface area contributed by atoms with Gasteiger partial charge in [0.1, 0.15) is 0 Å². The van der Waals surface area contributed by atoms with Gasteiger partial charge in [0, 0.05) is 192 Å². The van der Waals surface area contributed by atoms with Crippen LogP contribution in [0.2, 0.25) is 5.54 Å². The van der Waals surface area contributed by atoms with Gasteiger partial charge in [-0.15, -0.1) is 0 Å². The van der Waals surface area contributed by atoms with E-state index in [-0.39, 0.29) is 5.54 Å². The minimum atomic E-state index is -3.84. The van der Waals surface area contributed by atoms with Gasteiger partial charge in [-0.2, -0.15) is 0 Å². The van der Waals surface area contributed by atoms with Crippen molar-refractivity contribution >= 4 is 91.9 Å². The maximum absolute atomic E-state index is 3.84. The second kappa shape index (κ2) is 19.5. The van der Waals surface area contributed by atoms with Crippen molar-refractivity contribution in [1.82, 2.24) is 0 Å². The fourth-order valence-corrected chi connectivity index (χ4v) is 20.1. The standard InChI is InChI=1S/C54H94N12Si/c1-32-33(2)35(4)51(34(32)3)67(52-42(58(14)15)36(5)39(55(8)9)45(61(20)21)48(52)64(26)27,53-43(59(16)17)37(6)40(56(10)11)46(62(22)23)49(53)65(28)29)54-44(60(18)19)38(7)41(57(12)13)47(63(24)25)50(54)66(30)31/h51H,1-31H3. The highest BCUT2D eigenvalue weighted by atomic mass is 28.3. The van der Waals surface area contributed by atoms with E-state index in [2.05, 4.69) is 276 Å². The van der Waals surface area contributed by atoms with Crippen molar-refractivity contribution in [3.63, 3.8) is 0 Å². The molecule has 3 aromatic carbocycles. The van der Waals surface area contributed by atoms with Crippen LogP contribution in [0.4, 0.5) is 68.2 Å². The molecule has 0 atom stereocenters. The summed E-state index contributed by atoms with van der Waals surface area (Å²) in [6.45, 7) is 16.9. The molecule has 0 N–H and O–H groups in total. The van der Waals surface area contributed by atoms with E-state index in [0.717, 1.165) is 0 Å². The SMILES string of the molecule is CC1=C(C)C([Si](c2c(N(C)C)c(C)c(N(C)C)c(N(C)C)c2N(C)C)(c2c(N(C)C)c(C)c(N(C)C)c(N(C)C)c2N(C)C)c2c(N(C)C)c(C)c(N(C)C)c(N(C)C)c2N(C)C)C(C)=C1C. The summed E-state index contributed by atoms with van der Waals surface area (Å²) < 4.78 is 0. The van der Waals surface area contributed by atoms with Crippen LogP contribution in [0.25, 0.3) is 0 Å². The van der Waals surface area contributed by atoms with Gasteiger partial charge < -0.3 is 58.8 Å². The van der Waals surface area contributed by atoms with E-state index in [9.17, 15) is 0 Å². The Hall–Kier alpha value is -5.04. The molecule has 3 aromatic rings. The molecule has 0 amide bonds. The first-order chi connectivity index (χ1) is 30.7. The molecule has 0 heterocycles. The first-order valence-electron chi connectivity index (χ1n) is 23.8. The number of hydrogen-bond acceptors (Lipinski definition) is 12. The van der Waals surface area contributed by atoms with Crippen molar-refractivity contribution in [3.05, 3.63) is 39.0 Å². The van der Waals surface area contributed by atoms with E-state index < -0.39 is 8.07 Å². The zero-order valence-electron chi connectivity index (χ0n) is 48.4. The first-order valence-corrected chi connectivity index (χ1v) is 25.9. The smallest absolute Gasteiger partial charge is 0.175 e. The quantitative estimate of drug-likeness (QED) is 0.111. The van der Waals surface area contributed by atoms with Crippen molar-refractivity contribution in [2.45, 2.75) is 54.0 Å². The van der Waals surface area contributed by atoms with Crippen LogP contribution in [0.15, 0.2) is 22.3 Å². The van der Waals surface area contributed by atoms with Gasteiger partial charge in [0.2, 0.25) is 0 Å². The average Bonchev–Trinajstić information content (AvgIpc) is 3.37. The van der Waals surface area contributed by atoms with Gasteiger partial charge in [0.15, 0.2) is 8.07 Å². The summed E-state index contributed by atoms with van der Waals surface area (Å²) in [4.78, 5) is 28.9. The van der Waals surface area contributed by atoms with E-state index in [1.54, 1.807) is 0 Å². The lowest BCUT2D eigenvalue weighted by Crippen LogP contribution is -2.74. The number of allylic oxidation sites excluding steroid dienone is 4. The Bertz CT molecular complexity index is 2180. The van der Waals surface area contributed by atoms with Crippen LogP contribution in [0, 0.1) is 20.8 Å². The summed E-state index contributed by atoms with van der Waals surface area (Å²) in [5.74, 6) is 0. The predicted octanol–water partition coefficient (Wildman–Crippen LogP) is 6.93. The normalized spacial score (nSPS) is 13.1. The maximum atomic E-state index is 2.47. The number of nitrogens with zero attached hydrogens (tertiary/aromatic N) is 12. The molecule has 0 unspecified atom stereocenters. The van der Waals surface area contributed by atoms with Gasteiger partial charge in [0.25, 0.3) is 0 Å². The average molecular weight is 940 g/mol. The molecule has 0 bridgehead atoms. The van der Waals surface area contributed by atoms with E-state index in [0.29, 0.717) is 0 Å². The zero-order valence-corrected chi connectivity index (χ0v) is 49.4. The van der Waals surface area contributed by atoms with Crippen molar-refractivity contribution in [3.8, 4) is 0 Å². The second-order valence-corrected chi connectivity index (χ2v) is 25.5. The largest absolute Gasteiger partial charge is 0.377 e. The van der Waals surface area contributed by atoms with E-state index >= 15 is 0 Å². The summed E-state index contributed by atoms with van der Waals surface area (Å²) in [5.41, 5.74) is 24.4. The molecule has 0 spiro atoms. The van der Waals surface area contributed by atoms with Crippen molar-refractivity contribution in [1.29, 1.82) is 0 Å². The third-order valence-corrected chi connectivity index (χ3v) is 20.0. The third kappa shape index (κ3) is 8.39. The lowest BCUT2D eigenvalue weighted by atomic mass is 10.0. The molecule has 0 saturated heterocycles. The van der Waals surface area contributed by atoms with Crippen molar-refractivity contribution in [2.75, 3.05) is 228 Å². The van der Waals surface area contributed by atoms with E-state index in [1.807, 2.05) is 0 Å². The lowest BCUT2D eigenvalue weighted by molar-refractivity contribution is 1.01. The molecule has 1 aliphatic rings. The summed E-state index contributed by atoms with van der Waals surface area (Å²) in [5, 5.41) is 4.25. The Balaban J connectivity index is 3.08. The van der Waals surface area contributed by atoms with Crippen molar-refractivity contribution < 1.29 is 0 Å². The first kappa shape index (κ1) is 54.6. The summed E-state index contributed by atoms with van der Waals surface area (Å²) >= 11 is 0. The molecule has 12 nitrogen and oxygen atoms in total. The molecule has 374 valence electrons. The van der Waals surface area contributed by atoms with E-state index in [1.165, 1.54) is 123 Å². The van der Waals surface area contributed by atoms with E-state index in [4.69, 9.17) is 0 Å². The topological polar surface area (TPSA) is 38.9 Å². The lowest BCUT2D eigenvalue weighted by Gasteiger charge is -2.52. The molecule has 67 heavy (non-hydrogen) atoms. The second-order valence-electron chi connectivity index (χ2n) is 21.8. The predicted molar refractivity (Wildman–Crippen MR) is 311 cm³/mol. The molecule has 0 aromatic heterocycles. The van der Waals surface area contributed by atoms with Crippen LogP contribution < -0.4 is 74.4 Å². The molecule has 13 heteroatoms. The highest BCUT2D eigenvalue weighted by Gasteiger charge is 2.60. The Morgan fingerprint density at radius 1 is 0.224 bits per heavy atom. The number of rotatable bonds is 16. The van der Waals surface area contributed by atoms with Crippen LogP contribution in [-0.4, -0.2) is 177 Å². The highest BCUT2D eigenvalue weighted by Crippen LogP contribution is 2.57. The molecule has 0 fully saturated rings. The Kier molecular flexibility index (Phi) is 15.9. The molecule has 1 aliphatic carbocycles. The number of hydrogen-bond donors (Lipinski definition) is 0. The minimum Gasteiger partial charge on any atom is -0.377 e. The van der Waals surface area contributed by atoms with Crippen LogP contribution in [0.1, 0.15) is 44.4 Å². The monoisotopic (exact) mass is 939 g/mol. The summed E-state index contributed by atoms with van der Waals surface area (Å²) in [6, 6.07) is 0. The zero-order chi connectivity index (χ0) is 51.7. The molecular formula is C54H94N12Si. The van der Waals surface area contributed by atoms with Gasteiger partial charge in [-0.25, -0.2) is 0 Å². The fourth-order valence-electron chi connectivity index (χ4n) is 12.3. The highest BCUT2D eigenvalue weighted by molar-refractivity contribution is 7.17. The third-order valence-electron chi connectivity index (χ3n) is 14.5. The molecule has 4 rings (SSSR count). The molecular weight excluding hydrogens is 845 g/mol. The Morgan fingerprint density at radius 3 is 0.537 bits per heavy atom. The molecule has 0 saturated carbocycles. The van der Waals surface area contributed by atoms with Crippen molar-refractivity contribution in [2.24, 2.45) is 0 Å². The van der Waals surface area contributed by atoms with Crippen LogP contribution in [0.3, 0.4) is 0 Å². The Morgan fingerprint density at radius 2 is 0.388 bits per heavy atom. The summed E-state index contributed by atoms with van der Waals surface area (Å²) in [7, 11) is 50.3. The maximum Gasteiger partial charge on any atom is 0.175 e. The van der Waals surface area contributed by atoms with Crippen LogP contribution >= 0.6 is 0 Å². The van der Waals surface area contributed by atoms with Gasteiger partial charge in [-0.05, 0) is 91.9 Å². The van der Waals surface area contributed by atoms with Gasteiger partial charge in [-0.3, -0.25) is 0 Å². The van der Waals surface area contributed by atoms with Gasteiger partial charge >= 0.3 is 0 Å². The number of anilines is 12. The van der Waals surface area contributed by atoms with Gasteiger partial charge in [-0.1, -0.05) is 11.1 Å². The summed E-state index contributed by atoms with van der Waals surface area (Å²) in [6.07, 6.45) is 0. The van der Waals surface area contributed by atoms with Crippen LogP contribution in [-0.2, 0) is 0 Å². The molecule has 0 aliphatic heterocycles. The van der Waals surface area contributed by atoms with Crippen LogP contribution in [0.5, 0.6) is 0 Å². The fraction of sp³-hybridized carbons (Fsp3) is 0.593. The molecule has 0 radical (unpaired) electrons. The Labute approximate surface area is 411 Å². The number of benzene rings is 3. The van der Waals surface area contributed by atoms with Gasteiger partial charge in [0.05, 0.1) is 51.2 Å². The minimum absolute atomic E-state index is 0.00134.